The van der Waals surface area contributed by atoms with E-state index in [-0.39, 0.29) is 11.6 Å². The Morgan fingerprint density at radius 3 is 2.62 bits per heavy atom. The predicted molar refractivity (Wildman–Crippen MR) is 117 cm³/mol. The number of fused-ring (bicyclic) bond motifs is 3. The summed E-state index contributed by atoms with van der Waals surface area (Å²) in [7, 11) is 1.85. The summed E-state index contributed by atoms with van der Waals surface area (Å²) in [4.78, 5) is 18.5. The molecular weight excluding hydrogens is 360 g/mol. The van der Waals surface area contributed by atoms with Crippen LogP contribution in [0.3, 0.4) is 0 Å². The fraction of sp³-hybridized carbons (Fsp3) is 0.333. The maximum Gasteiger partial charge on any atom is 0.276 e. The van der Waals surface area contributed by atoms with Gasteiger partial charge in [0.25, 0.3) is 5.56 Å². The van der Waals surface area contributed by atoms with Gasteiger partial charge in [0.05, 0.1) is 5.52 Å². The first kappa shape index (κ1) is 18.1. The molecule has 0 aliphatic heterocycles. The minimum Gasteiger partial charge on any atom is -0.328 e. The summed E-state index contributed by atoms with van der Waals surface area (Å²) in [5.74, 6) is 1.30. The van der Waals surface area contributed by atoms with Gasteiger partial charge >= 0.3 is 0 Å². The lowest BCUT2D eigenvalue weighted by Gasteiger charge is -2.26. The van der Waals surface area contributed by atoms with E-state index < -0.39 is 0 Å². The fourth-order valence-corrected chi connectivity index (χ4v) is 4.81. The van der Waals surface area contributed by atoms with E-state index in [1.807, 2.05) is 43.4 Å². The Morgan fingerprint density at radius 1 is 1.07 bits per heavy atom. The summed E-state index contributed by atoms with van der Waals surface area (Å²) < 4.78 is 3.90. The summed E-state index contributed by atoms with van der Waals surface area (Å²) in [6.45, 7) is 0.645. The van der Waals surface area contributed by atoms with Crippen molar-refractivity contribution in [1.82, 2.24) is 14.1 Å². The molecule has 2 atom stereocenters. The summed E-state index contributed by atoms with van der Waals surface area (Å²) in [6, 6.07) is 18.5. The first-order valence-electron chi connectivity index (χ1n) is 10.4. The second-order valence-electron chi connectivity index (χ2n) is 8.24. The first-order valence-corrected chi connectivity index (χ1v) is 10.4. The minimum atomic E-state index is 0.00786. The molecule has 1 fully saturated rings. The lowest BCUT2D eigenvalue weighted by molar-refractivity contribution is 0.376. The van der Waals surface area contributed by atoms with Crippen molar-refractivity contribution in [2.24, 2.45) is 12.8 Å². The average molecular weight is 386 g/mol. The van der Waals surface area contributed by atoms with Crippen LogP contribution in [0.25, 0.3) is 21.9 Å². The van der Waals surface area contributed by atoms with Crippen LogP contribution in [0.2, 0.25) is 0 Å². The van der Waals surface area contributed by atoms with Crippen molar-refractivity contribution in [3.05, 3.63) is 76.3 Å². The zero-order valence-corrected chi connectivity index (χ0v) is 16.7. The van der Waals surface area contributed by atoms with Crippen LogP contribution in [0, 0.1) is 0 Å². The normalized spacial score (nSPS) is 19.8. The Balaban J connectivity index is 1.80. The van der Waals surface area contributed by atoms with Crippen LogP contribution in [0.5, 0.6) is 0 Å². The molecule has 0 amide bonds. The Morgan fingerprint density at radius 2 is 1.83 bits per heavy atom. The van der Waals surface area contributed by atoms with E-state index in [0.29, 0.717) is 18.0 Å². The monoisotopic (exact) mass is 386 g/mol. The van der Waals surface area contributed by atoms with Crippen LogP contribution < -0.4 is 11.3 Å². The van der Waals surface area contributed by atoms with Crippen molar-refractivity contribution in [3.8, 4) is 0 Å². The number of hydrogen-bond donors (Lipinski definition) is 1. The molecule has 0 spiro atoms. The van der Waals surface area contributed by atoms with Gasteiger partial charge in [-0.25, -0.2) is 4.98 Å². The van der Waals surface area contributed by atoms with Crippen LogP contribution in [0.1, 0.15) is 43.0 Å². The quantitative estimate of drug-likeness (QED) is 0.580. The van der Waals surface area contributed by atoms with Crippen molar-refractivity contribution >= 4 is 21.9 Å². The van der Waals surface area contributed by atoms with Crippen LogP contribution in [0.15, 0.2) is 59.4 Å². The lowest BCUT2D eigenvalue weighted by Crippen LogP contribution is -2.28. The summed E-state index contributed by atoms with van der Waals surface area (Å²) >= 11 is 0. The van der Waals surface area contributed by atoms with Gasteiger partial charge in [0.2, 0.25) is 0 Å². The molecule has 2 aromatic carbocycles. The maximum atomic E-state index is 13.4. The molecule has 148 valence electrons. The highest BCUT2D eigenvalue weighted by atomic mass is 16.1. The molecular formula is C24H26N4O. The molecule has 2 N–H and O–H groups in total. The topological polar surface area (TPSA) is 65.8 Å². The van der Waals surface area contributed by atoms with E-state index >= 15 is 0 Å². The van der Waals surface area contributed by atoms with Gasteiger partial charge in [0, 0.05) is 30.9 Å². The average Bonchev–Trinajstić information content (AvgIpc) is 3.12. The van der Waals surface area contributed by atoms with Gasteiger partial charge in [-0.1, -0.05) is 55.0 Å². The highest BCUT2D eigenvalue weighted by molar-refractivity contribution is 6.02. The van der Waals surface area contributed by atoms with Gasteiger partial charge in [-0.15, -0.1) is 0 Å². The predicted octanol–water partition coefficient (Wildman–Crippen LogP) is 3.92. The second-order valence-corrected chi connectivity index (χ2v) is 8.24. The Hall–Kier alpha value is -2.92. The highest BCUT2D eigenvalue weighted by Crippen LogP contribution is 2.34. The van der Waals surface area contributed by atoms with E-state index in [9.17, 15) is 4.79 Å². The highest BCUT2D eigenvalue weighted by Gasteiger charge is 2.28. The third-order valence-electron chi connectivity index (χ3n) is 6.29. The molecule has 2 unspecified atom stereocenters. The molecule has 5 heteroatoms. The van der Waals surface area contributed by atoms with Crippen LogP contribution >= 0.6 is 0 Å². The van der Waals surface area contributed by atoms with E-state index in [2.05, 4.69) is 22.8 Å². The smallest absolute Gasteiger partial charge is 0.276 e. The van der Waals surface area contributed by atoms with E-state index in [1.54, 1.807) is 4.57 Å². The zero-order chi connectivity index (χ0) is 20.0. The van der Waals surface area contributed by atoms with E-state index in [1.165, 1.54) is 5.56 Å². The van der Waals surface area contributed by atoms with Crippen molar-refractivity contribution in [2.75, 3.05) is 0 Å². The molecule has 29 heavy (non-hydrogen) atoms. The van der Waals surface area contributed by atoms with Crippen molar-refractivity contribution in [1.29, 1.82) is 0 Å². The Bertz CT molecular complexity index is 1240. The third kappa shape index (κ3) is 3.06. The van der Waals surface area contributed by atoms with Crippen molar-refractivity contribution < 1.29 is 0 Å². The van der Waals surface area contributed by atoms with Crippen LogP contribution in [-0.4, -0.2) is 20.2 Å². The minimum absolute atomic E-state index is 0.00786. The SMILES string of the molecule is Cn1c(=O)c2c(nc(C3CCCC(N)C3)n2Cc2ccccc2)c2ccccc21. The fourth-order valence-electron chi connectivity index (χ4n) is 4.81. The van der Waals surface area contributed by atoms with Crippen LogP contribution in [-0.2, 0) is 13.6 Å². The number of rotatable bonds is 3. The number of aryl methyl sites for hydroxylation is 1. The molecule has 2 heterocycles. The second kappa shape index (κ2) is 7.16. The first-order chi connectivity index (χ1) is 14.1. The van der Waals surface area contributed by atoms with Gasteiger partial charge in [-0.05, 0) is 30.9 Å². The Kier molecular flexibility index (Phi) is 4.47. The van der Waals surface area contributed by atoms with Crippen molar-refractivity contribution in [2.45, 2.75) is 44.2 Å². The van der Waals surface area contributed by atoms with E-state index in [4.69, 9.17) is 10.7 Å². The summed E-state index contributed by atoms with van der Waals surface area (Å²) in [6.07, 6.45) is 4.18. The Labute approximate surface area is 169 Å². The van der Waals surface area contributed by atoms with Gasteiger partial charge in [-0.2, -0.15) is 0 Å². The number of benzene rings is 2. The van der Waals surface area contributed by atoms with Gasteiger partial charge in [0.15, 0.2) is 0 Å². The van der Waals surface area contributed by atoms with Gasteiger partial charge in [-0.3, -0.25) is 4.79 Å². The number of aromatic nitrogens is 3. The van der Waals surface area contributed by atoms with Gasteiger partial charge < -0.3 is 14.9 Å². The number of hydrogen-bond acceptors (Lipinski definition) is 3. The number of para-hydroxylation sites is 1. The summed E-state index contributed by atoms with van der Waals surface area (Å²) in [5.41, 5.74) is 9.91. The molecule has 4 aromatic rings. The molecule has 0 radical (unpaired) electrons. The zero-order valence-electron chi connectivity index (χ0n) is 16.7. The molecule has 5 nitrogen and oxygen atoms in total. The number of nitrogens with two attached hydrogens (primary N) is 1. The molecule has 5 rings (SSSR count). The number of nitrogens with zero attached hydrogens (tertiary/aromatic N) is 3. The van der Waals surface area contributed by atoms with Crippen LogP contribution in [0.4, 0.5) is 0 Å². The molecule has 1 aliphatic rings. The number of imidazole rings is 1. The number of pyridine rings is 1. The van der Waals surface area contributed by atoms with Gasteiger partial charge in [0.1, 0.15) is 16.9 Å². The van der Waals surface area contributed by atoms with Crippen molar-refractivity contribution in [3.63, 3.8) is 0 Å². The maximum absolute atomic E-state index is 13.4. The molecule has 1 aliphatic carbocycles. The summed E-state index contributed by atoms with van der Waals surface area (Å²) in [5, 5.41) is 1.03. The third-order valence-corrected chi connectivity index (χ3v) is 6.29. The molecule has 1 saturated carbocycles. The molecule has 2 aromatic heterocycles. The largest absolute Gasteiger partial charge is 0.328 e. The molecule has 0 bridgehead atoms. The molecule has 0 saturated heterocycles. The standard InChI is InChI=1S/C24H26N4O/c1-27-20-13-6-5-12-19(20)21-22(24(27)29)28(15-16-8-3-2-4-9-16)23(26-21)17-10-7-11-18(25)14-17/h2-6,8-9,12-13,17-18H,7,10-11,14-15,25H2,1H3. The van der Waals surface area contributed by atoms with E-state index in [0.717, 1.165) is 47.9 Å². The lowest BCUT2D eigenvalue weighted by atomic mass is 9.85.